The molecule has 10 heteroatoms. The van der Waals surface area contributed by atoms with E-state index >= 15 is 0 Å². The monoisotopic (exact) mass is 507 g/mol. The lowest BCUT2D eigenvalue weighted by Gasteiger charge is -2.29. The number of nitrogens with one attached hydrogen (secondary N) is 1. The van der Waals surface area contributed by atoms with Crippen molar-refractivity contribution in [2.45, 2.75) is 23.8 Å². The molecule has 2 saturated heterocycles. The predicted octanol–water partition coefficient (Wildman–Crippen LogP) is 2.94. The number of likely N-dealkylation sites (tertiary alicyclic amines) is 1. The molecule has 0 saturated carbocycles. The van der Waals surface area contributed by atoms with Crippen molar-refractivity contribution in [2.24, 2.45) is 0 Å². The summed E-state index contributed by atoms with van der Waals surface area (Å²) in [7, 11) is -2.10. The molecule has 0 aromatic heterocycles. The summed E-state index contributed by atoms with van der Waals surface area (Å²) < 4.78 is 38.3. The Hall–Kier alpha value is -2.17. The molecule has 34 heavy (non-hydrogen) atoms. The Labute approximate surface area is 205 Å². The Morgan fingerprint density at radius 2 is 1.82 bits per heavy atom. The molecule has 2 fully saturated rings. The number of hydrogen-bond donors (Lipinski definition) is 1. The van der Waals surface area contributed by atoms with Gasteiger partial charge in [0.25, 0.3) is 5.91 Å². The van der Waals surface area contributed by atoms with E-state index in [0.717, 1.165) is 37.2 Å². The second-order valence-corrected chi connectivity index (χ2v) is 10.7. The van der Waals surface area contributed by atoms with Crippen LogP contribution in [0.25, 0.3) is 0 Å². The van der Waals surface area contributed by atoms with Crippen LogP contribution >= 0.6 is 11.6 Å². The van der Waals surface area contributed by atoms with E-state index in [2.05, 4.69) is 10.2 Å². The molecule has 2 aliphatic heterocycles. The third-order valence-corrected chi connectivity index (χ3v) is 8.55. The minimum absolute atomic E-state index is 0.0461. The Morgan fingerprint density at radius 3 is 2.53 bits per heavy atom. The van der Waals surface area contributed by atoms with Crippen molar-refractivity contribution in [2.75, 3.05) is 53.0 Å². The molecule has 0 unspecified atom stereocenters. The van der Waals surface area contributed by atoms with Crippen LogP contribution in [0.3, 0.4) is 0 Å². The zero-order chi connectivity index (χ0) is 24.1. The van der Waals surface area contributed by atoms with Crippen LogP contribution < -0.4 is 10.1 Å². The van der Waals surface area contributed by atoms with E-state index in [1.807, 2.05) is 24.3 Å². The summed E-state index contributed by atoms with van der Waals surface area (Å²) in [5.41, 5.74) is 1.14. The molecule has 184 valence electrons. The molecule has 0 radical (unpaired) electrons. The standard InChI is InChI=1S/C24H30ClN3O5S/c1-32-23-7-3-2-6-19(23)22(27-10-4-5-11-27)17-26-24(29)20-16-18(8-9-21(20)25)34(30,31)28-12-14-33-15-13-28/h2-3,6-9,16,22H,4-5,10-15,17H2,1H3,(H,26,29)/t22-/m0/s1. The van der Waals surface area contributed by atoms with Gasteiger partial charge in [0.1, 0.15) is 5.75 Å². The smallest absolute Gasteiger partial charge is 0.252 e. The van der Waals surface area contributed by atoms with Crippen LogP contribution in [0.5, 0.6) is 5.75 Å². The highest BCUT2D eigenvalue weighted by Gasteiger charge is 2.29. The largest absolute Gasteiger partial charge is 0.496 e. The normalized spacial score (nSPS) is 18.5. The third-order valence-electron chi connectivity index (χ3n) is 6.33. The van der Waals surface area contributed by atoms with Gasteiger partial charge in [-0.25, -0.2) is 8.42 Å². The maximum absolute atomic E-state index is 13.2. The zero-order valence-corrected chi connectivity index (χ0v) is 20.8. The highest BCUT2D eigenvalue weighted by molar-refractivity contribution is 7.89. The number of methoxy groups -OCH3 is 1. The topological polar surface area (TPSA) is 88.2 Å². The van der Waals surface area contributed by atoms with E-state index in [4.69, 9.17) is 21.1 Å². The van der Waals surface area contributed by atoms with Crippen LogP contribution in [0.15, 0.2) is 47.4 Å². The SMILES string of the molecule is COc1ccccc1[C@H](CNC(=O)c1cc(S(=O)(=O)N2CCOCC2)ccc1Cl)N1CCCC1. The lowest BCUT2D eigenvalue weighted by atomic mass is 10.0. The zero-order valence-electron chi connectivity index (χ0n) is 19.2. The van der Waals surface area contributed by atoms with Gasteiger partial charge in [0.2, 0.25) is 10.0 Å². The van der Waals surface area contributed by atoms with Crippen molar-refractivity contribution in [1.29, 1.82) is 0 Å². The van der Waals surface area contributed by atoms with Gasteiger partial charge in [0.05, 0.1) is 41.8 Å². The number of halogens is 1. The molecule has 4 rings (SSSR count). The molecule has 2 aliphatic rings. The van der Waals surface area contributed by atoms with E-state index in [1.165, 1.54) is 22.5 Å². The first-order chi connectivity index (χ1) is 16.4. The first kappa shape index (κ1) is 24.9. The first-order valence-electron chi connectivity index (χ1n) is 11.4. The highest BCUT2D eigenvalue weighted by Crippen LogP contribution is 2.31. The first-order valence-corrected chi connectivity index (χ1v) is 13.3. The van der Waals surface area contributed by atoms with Crippen LogP contribution in [-0.4, -0.2) is 76.6 Å². The van der Waals surface area contributed by atoms with Crippen molar-refractivity contribution < 1.29 is 22.7 Å². The Morgan fingerprint density at radius 1 is 1.12 bits per heavy atom. The van der Waals surface area contributed by atoms with Gasteiger partial charge >= 0.3 is 0 Å². The Bertz CT molecular complexity index is 1120. The summed E-state index contributed by atoms with van der Waals surface area (Å²) >= 11 is 6.31. The maximum atomic E-state index is 13.2. The number of carbonyl (C=O) groups excluding carboxylic acids is 1. The number of morpholine rings is 1. The molecule has 1 atom stereocenters. The van der Waals surface area contributed by atoms with Crippen LogP contribution in [0.1, 0.15) is 34.8 Å². The predicted molar refractivity (Wildman–Crippen MR) is 130 cm³/mol. The van der Waals surface area contributed by atoms with Gasteiger partial charge in [-0.15, -0.1) is 0 Å². The van der Waals surface area contributed by atoms with E-state index in [9.17, 15) is 13.2 Å². The number of amides is 1. The molecule has 0 bridgehead atoms. The lowest BCUT2D eigenvalue weighted by molar-refractivity contribution is 0.0730. The highest BCUT2D eigenvalue weighted by atomic mass is 35.5. The number of nitrogens with zero attached hydrogens (tertiary/aromatic N) is 2. The number of rotatable bonds is 8. The number of sulfonamides is 1. The molecule has 8 nitrogen and oxygen atoms in total. The minimum Gasteiger partial charge on any atom is -0.496 e. The molecular weight excluding hydrogens is 478 g/mol. The van der Waals surface area contributed by atoms with E-state index in [0.29, 0.717) is 19.8 Å². The summed E-state index contributed by atoms with van der Waals surface area (Å²) in [5, 5.41) is 3.18. The van der Waals surface area contributed by atoms with Crippen molar-refractivity contribution in [3.63, 3.8) is 0 Å². The fraction of sp³-hybridized carbons (Fsp3) is 0.458. The van der Waals surface area contributed by atoms with Crippen molar-refractivity contribution >= 4 is 27.5 Å². The summed E-state index contributed by atoms with van der Waals surface area (Å²) in [6.07, 6.45) is 2.21. The second kappa shape index (κ2) is 11.0. The third kappa shape index (κ3) is 5.39. The molecule has 1 amide bonds. The van der Waals surface area contributed by atoms with Gasteiger partial charge < -0.3 is 14.8 Å². The molecular formula is C24H30ClN3O5S. The van der Waals surface area contributed by atoms with Gasteiger partial charge in [-0.1, -0.05) is 29.8 Å². The van der Waals surface area contributed by atoms with Gasteiger partial charge in [-0.3, -0.25) is 9.69 Å². The average Bonchev–Trinajstić information content (AvgIpc) is 3.39. The van der Waals surface area contributed by atoms with E-state index in [-0.39, 0.29) is 34.6 Å². The van der Waals surface area contributed by atoms with Gasteiger partial charge in [0.15, 0.2) is 0 Å². The molecule has 0 aliphatic carbocycles. The van der Waals surface area contributed by atoms with E-state index in [1.54, 1.807) is 7.11 Å². The van der Waals surface area contributed by atoms with Crippen LogP contribution in [0, 0.1) is 0 Å². The summed E-state index contributed by atoms with van der Waals surface area (Å²) in [6.45, 7) is 3.48. The van der Waals surface area contributed by atoms with Gasteiger partial charge in [-0.2, -0.15) is 4.31 Å². The molecule has 2 aromatic rings. The molecule has 0 spiro atoms. The minimum atomic E-state index is -3.74. The molecule has 1 N–H and O–H groups in total. The Balaban J connectivity index is 1.55. The van der Waals surface area contributed by atoms with Crippen LogP contribution in [0.2, 0.25) is 5.02 Å². The van der Waals surface area contributed by atoms with Crippen molar-refractivity contribution in [3.8, 4) is 5.75 Å². The van der Waals surface area contributed by atoms with Gasteiger partial charge in [-0.05, 0) is 50.2 Å². The second-order valence-electron chi connectivity index (χ2n) is 8.37. The quantitative estimate of drug-likeness (QED) is 0.591. The number of ether oxygens (including phenoxy) is 2. The number of carbonyl (C=O) groups is 1. The van der Waals surface area contributed by atoms with Crippen LogP contribution in [0.4, 0.5) is 0 Å². The van der Waals surface area contributed by atoms with Gasteiger partial charge in [0, 0.05) is 25.2 Å². The summed E-state index contributed by atoms with van der Waals surface area (Å²) in [4.78, 5) is 15.5. The number of hydrogen-bond acceptors (Lipinski definition) is 6. The van der Waals surface area contributed by atoms with Crippen LogP contribution in [-0.2, 0) is 14.8 Å². The molecule has 2 aromatic carbocycles. The van der Waals surface area contributed by atoms with E-state index < -0.39 is 15.9 Å². The summed E-state index contributed by atoms with van der Waals surface area (Å²) in [5.74, 6) is 0.355. The fourth-order valence-corrected chi connectivity index (χ4v) is 6.13. The fourth-order valence-electron chi connectivity index (χ4n) is 4.49. The Kier molecular flexibility index (Phi) is 8.10. The van der Waals surface area contributed by atoms with Crippen molar-refractivity contribution in [3.05, 3.63) is 58.6 Å². The number of benzene rings is 2. The number of para-hydroxylation sites is 1. The average molecular weight is 508 g/mol. The summed E-state index contributed by atoms with van der Waals surface area (Å²) in [6, 6.07) is 12.0. The maximum Gasteiger partial charge on any atom is 0.252 e. The van der Waals surface area contributed by atoms with Crippen molar-refractivity contribution in [1.82, 2.24) is 14.5 Å². The lowest BCUT2D eigenvalue weighted by Crippen LogP contribution is -2.40. The molecule has 2 heterocycles.